The third-order valence-corrected chi connectivity index (χ3v) is 20.4. The summed E-state index contributed by atoms with van der Waals surface area (Å²) in [6.07, 6.45) is 0.0698. The smallest absolute Gasteiger partial charge is 0.193 e. The lowest BCUT2D eigenvalue weighted by atomic mass is 9.54. The van der Waals surface area contributed by atoms with Crippen molar-refractivity contribution in [3.63, 3.8) is 0 Å². The Labute approximate surface area is 249 Å². The molecule has 0 aromatic heterocycles. The number of carbonyl (C=O) groups excluding carboxylic acids is 2. The van der Waals surface area contributed by atoms with Gasteiger partial charge >= 0.3 is 0 Å². The Balaban J connectivity index is 1.67. The summed E-state index contributed by atoms with van der Waals surface area (Å²) in [5, 5.41) is 0.0136. The lowest BCUT2D eigenvalue weighted by Gasteiger charge is -2.54. The summed E-state index contributed by atoms with van der Waals surface area (Å²) in [5.74, 6) is -1.16. The van der Waals surface area contributed by atoms with Crippen LogP contribution in [-0.2, 0) is 35.0 Å². The van der Waals surface area contributed by atoms with E-state index in [4.69, 9.17) is 18.3 Å². The van der Waals surface area contributed by atoms with E-state index in [0.717, 1.165) is 35.1 Å². The second-order valence-corrected chi connectivity index (χ2v) is 26.2. The Hall–Kier alpha value is -1.17. The summed E-state index contributed by atoms with van der Waals surface area (Å²) in [5.41, 5.74) is 3.40. The van der Waals surface area contributed by atoms with Crippen LogP contribution in [0.15, 0.2) is 12.1 Å². The third-order valence-electron chi connectivity index (χ3n) is 11.5. The molecule has 1 heterocycles. The van der Waals surface area contributed by atoms with Crippen molar-refractivity contribution < 1.29 is 27.9 Å². The molecular formula is C33H52O6Si2. The molecule has 8 heteroatoms. The molecular weight excluding hydrogens is 549 g/mol. The first-order valence-corrected chi connectivity index (χ1v) is 21.3. The molecule has 1 aromatic carbocycles. The Morgan fingerprint density at radius 1 is 0.878 bits per heavy atom. The number of Topliss-reactive ketones (excluding diaryl/α,β-unsaturated/α-hetero) is 2. The minimum atomic E-state index is -2.36. The van der Waals surface area contributed by atoms with Crippen LogP contribution in [0.2, 0.25) is 36.3 Å². The average molecular weight is 601 g/mol. The van der Waals surface area contributed by atoms with Crippen LogP contribution in [0.4, 0.5) is 0 Å². The number of benzene rings is 1. The maximum atomic E-state index is 14.7. The summed E-state index contributed by atoms with van der Waals surface area (Å²) in [7, 11) is -4.38. The van der Waals surface area contributed by atoms with Gasteiger partial charge in [0, 0.05) is 23.3 Å². The maximum Gasteiger partial charge on any atom is 0.193 e. The van der Waals surface area contributed by atoms with E-state index in [2.05, 4.69) is 86.8 Å². The third kappa shape index (κ3) is 4.79. The van der Waals surface area contributed by atoms with Crippen molar-refractivity contribution >= 4 is 28.2 Å². The highest BCUT2D eigenvalue weighted by Gasteiger charge is 2.66. The quantitative estimate of drug-likeness (QED) is 0.331. The molecule has 2 fully saturated rings. The normalized spacial score (nSPS) is 33.3. The number of rotatable bonds is 4. The van der Waals surface area contributed by atoms with E-state index in [9.17, 15) is 9.59 Å². The Morgan fingerprint density at radius 2 is 1.46 bits per heavy atom. The molecule has 0 spiro atoms. The number of hydrogen-bond donors (Lipinski definition) is 0. The minimum Gasteiger partial charge on any atom is -0.410 e. The molecule has 6 nitrogen and oxygen atoms in total. The lowest BCUT2D eigenvalue weighted by molar-refractivity contribution is -0.155. The standard InChI is InChI=1S/C33H52O6Si2/c1-30(2,3)40(10,11)38-24-17-15-20-19(24)14-16-21-25(20)26(35)27(39-41(12,13)31(4,5)6)22-18-23(34)28-29(33(21,22)9)37-32(7,8)36-28/h14,16,22,24,27-29H,15,17-18H2,1-13H3/t22-,24?,27+,28+,29+,33+/m0/s1. The summed E-state index contributed by atoms with van der Waals surface area (Å²) in [6.45, 7) is 28.3. The van der Waals surface area contributed by atoms with Crippen LogP contribution in [0.5, 0.6) is 0 Å². The van der Waals surface area contributed by atoms with Crippen molar-refractivity contribution in [3.8, 4) is 0 Å². The highest BCUT2D eigenvalue weighted by atomic mass is 28.4. The lowest BCUT2D eigenvalue weighted by Crippen LogP contribution is -2.64. The van der Waals surface area contributed by atoms with Crippen LogP contribution in [0.3, 0.4) is 0 Å². The molecule has 0 N–H and O–H groups in total. The van der Waals surface area contributed by atoms with Crippen LogP contribution in [0, 0.1) is 5.92 Å². The van der Waals surface area contributed by atoms with E-state index in [0.29, 0.717) is 0 Å². The monoisotopic (exact) mass is 600 g/mol. The first-order chi connectivity index (χ1) is 18.5. The Kier molecular flexibility index (Phi) is 7.18. The molecule has 0 bridgehead atoms. The van der Waals surface area contributed by atoms with E-state index < -0.39 is 46.1 Å². The molecule has 1 unspecified atom stereocenters. The highest BCUT2D eigenvalue weighted by molar-refractivity contribution is 6.74. The number of fused-ring (bicyclic) bond motifs is 7. The molecule has 1 saturated carbocycles. The summed E-state index contributed by atoms with van der Waals surface area (Å²) < 4.78 is 26.7. The molecule has 1 aliphatic heterocycles. The van der Waals surface area contributed by atoms with Crippen molar-refractivity contribution in [3.05, 3.63) is 34.4 Å². The second kappa shape index (κ2) is 9.42. The van der Waals surface area contributed by atoms with Crippen LogP contribution >= 0.6 is 0 Å². The van der Waals surface area contributed by atoms with Gasteiger partial charge in [-0.1, -0.05) is 60.6 Å². The van der Waals surface area contributed by atoms with Gasteiger partial charge in [-0.3, -0.25) is 9.59 Å². The van der Waals surface area contributed by atoms with Crippen molar-refractivity contribution in [1.29, 1.82) is 0 Å². The van der Waals surface area contributed by atoms with Gasteiger partial charge in [0.05, 0.1) is 6.10 Å². The molecule has 4 aliphatic rings. The highest BCUT2D eigenvalue weighted by Crippen LogP contribution is 2.57. The number of hydrogen-bond acceptors (Lipinski definition) is 6. The van der Waals surface area contributed by atoms with Crippen molar-refractivity contribution in [1.82, 2.24) is 0 Å². The predicted octanol–water partition coefficient (Wildman–Crippen LogP) is 7.65. The minimum absolute atomic E-state index is 0.00660. The van der Waals surface area contributed by atoms with Gasteiger partial charge in [0.1, 0.15) is 18.3 Å². The van der Waals surface area contributed by atoms with Gasteiger partial charge in [-0.15, -0.1) is 0 Å². The fourth-order valence-corrected chi connectivity index (χ4v) is 9.54. The van der Waals surface area contributed by atoms with Crippen molar-refractivity contribution in [2.75, 3.05) is 0 Å². The van der Waals surface area contributed by atoms with E-state index in [1.54, 1.807) is 0 Å². The first kappa shape index (κ1) is 31.3. The first-order valence-electron chi connectivity index (χ1n) is 15.5. The second-order valence-electron chi connectivity index (χ2n) is 16.7. The molecule has 3 aliphatic carbocycles. The summed E-state index contributed by atoms with van der Waals surface area (Å²) in [6, 6.07) is 4.33. The maximum absolute atomic E-state index is 14.7. The van der Waals surface area contributed by atoms with E-state index in [1.807, 2.05) is 13.8 Å². The van der Waals surface area contributed by atoms with Gasteiger partial charge in [0.25, 0.3) is 0 Å². The van der Waals surface area contributed by atoms with Gasteiger partial charge in [0.15, 0.2) is 34.0 Å². The van der Waals surface area contributed by atoms with Crippen molar-refractivity contribution in [2.45, 2.75) is 153 Å². The largest absolute Gasteiger partial charge is 0.410 e. The van der Waals surface area contributed by atoms with Crippen LogP contribution < -0.4 is 0 Å². The zero-order valence-electron chi connectivity index (χ0n) is 27.6. The molecule has 41 heavy (non-hydrogen) atoms. The van der Waals surface area contributed by atoms with Gasteiger partial charge in [-0.25, -0.2) is 0 Å². The summed E-state index contributed by atoms with van der Waals surface area (Å²) >= 11 is 0. The van der Waals surface area contributed by atoms with Gasteiger partial charge in [-0.2, -0.15) is 0 Å². The zero-order valence-corrected chi connectivity index (χ0v) is 29.6. The van der Waals surface area contributed by atoms with Crippen LogP contribution in [-0.4, -0.2) is 52.3 Å². The Bertz CT molecular complexity index is 1270. The topological polar surface area (TPSA) is 71.1 Å². The SMILES string of the molecule is CC1(C)O[C@@H]2C(=O)C[C@H]3[C@@H](O[Si](C)(C)C(C)(C)C)C(=O)c4c(ccc5c4CCC5O[Si](C)(C)C(C)(C)C)[C@@]3(C)[C@@H]2O1. The van der Waals surface area contributed by atoms with E-state index in [1.165, 1.54) is 0 Å². The fraction of sp³-hybridized carbons (Fsp3) is 0.758. The molecule has 6 atom stereocenters. The van der Waals surface area contributed by atoms with Gasteiger partial charge in [0.2, 0.25) is 0 Å². The molecule has 0 amide bonds. The fourth-order valence-electron chi connectivity index (χ4n) is 6.97. The van der Waals surface area contributed by atoms with Crippen molar-refractivity contribution in [2.24, 2.45) is 5.92 Å². The number of ether oxygens (including phenoxy) is 2. The van der Waals surface area contributed by atoms with E-state index in [-0.39, 0.29) is 40.1 Å². The number of ketones is 2. The average Bonchev–Trinajstić information content (AvgIpc) is 3.37. The van der Waals surface area contributed by atoms with Gasteiger partial charge < -0.3 is 18.3 Å². The zero-order chi connectivity index (χ0) is 30.7. The van der Waals surface area contributed by atoms with E-state index >= 15 is 0 Å². The summed E-state index contributed by atoms with van der Waals surface area (Å²) in [4.78, 5) is 28.3. The predicted molar refractivity (Wildman–Crippen MR) is 166 cm³/mol. The molecule has 228 valence electrons. The molecule has 1 aromatic rings. The molecule has 0 radical (unpaired) electrons. The van der Waals surface area contributed by atoms with Crippen LogP contribution in [0.1, 0.15) is 108 Å². The number of carbonyl (C=O) groups is 2. The molecule has 1 saturated heterocycles. The Morgan fingerprint density at radius 3 is 2.05 bits per heavy atom. The van der Waals surface area contributed by atoms with Crippen LogP contribution in [0.25, 0.3) is 0 Å². The van der Waals surface area contributed by atoms with Gasteiger partial charge in [-0.05, 0) is 79.6 Å². The molecule has 5 rings (SSSR count).